The number of nitrogen functional groups attached to an aromatic ring is 1. The summed E-state index contributed by atoms with van der Waals surface area (Å²) in [4.78, 5) is 17.0. The molecule has 0 saturated carbocycles. The van der Waals surface area contributed by atoms with Crippen LogP contribution in [-0.4, -0.2) is 36.2 Å². The van der Waals surface area contributed by atoms with Crippen LogP contribution in [-0.2, 0) is 4.74 Å². The van der Waals surface area contributed by atoms with Crippen molar-refractivity contribution in [2.45, 2.75) is 45.8 Å². The average Bonchev–Trinajstić information content (AvgIpc) is 2.78. The quantitative estimate of drug-likeness (QED) is 0.774. The summed E-state index contributed by atoms with van der Waals surface area (Å²) in [6, 6.07) is 0.148. The number of amides is 1. The molecule has 21 heavy (non-hydrogen) atoms. The highest BCUT2D eigenvalue weighted by molar-refractivity contribution is 7.18. The van der Waals surface area contributed by atoms with Gasteiger partial charge in [0.25, 0.3) is 5.91 Å². The minimum Gasteiger partial charge on any atom is -0.382 e. The van der Waals surface area contributed by atoms with E-state index in [-0.39, 0.29) is 18.1 Å². The maximum absolute atomic E-state index is 12.3. The van der Waals surface area contributed by atoms with Gasteiger partial charge in [-0.15, -0.1) is 0 Å². The molecule has 118 valence electrons. The van der Waals surface area contributed by atoms with Crippen LogP contribution in [0.3, 0.4) is 0 Å². The number of nitrogens with two attached hydrogens (primary N) is 1. The van der Waals surface area contributed by atoms with Gasteiger partial charge in [-0.2, -0.15) is 0 Å². The van der Waals surface area contributed by atoms with Crippen molar-refractivity contribution in [2.75, 3.05) is 24.2 Å². The summed E-state index contributed by atoms with van der Waals surface area (Å²) in [7, 11) is 0. The highest BCUT2D eigenvalue weighted by Crippen LogP contribution is 2.25. The standard InChI is InChI=1S/C14H24N4O2S/c1-8(2)7-16-14-18-12(15)11(21-14)13(19)17-10-4-5-20-9(3)6-10/h8-10H,4-7,15H2,1-3H3,(H,16,18)(H,17,19). The number of carbonyl (C=O) groups is 1. The Bertz CT molecular complexity index is 489. The van der Waals surface area contributed by atoms with Crippen LogP contribution in [0.5, 0.6) is 0 Å². The van der Waals surface area contributed by atoms with Crippen molar-refractivity contribution >= 4 is 28.2 Å². The first-order valence-electron chi connectivity index (χ1n) is 7.38. The van der Waals surface area contributed by atoms with Crippen LogP contribution >= 0.6 is 11.3 Å². The van der Waals surface area contributed by atoms with Crippen LogP contribution in [0.25, 0.3) is 0 Å². The van der Waals surface area contributed by atoms with Crippen molar-refractivity contribution in [2.24, 2.45) is 5.92 Å². The lowest BCUT2D eigenvalue weighted by Crippen LogP contribution is -2.41. The second-order valence-electron chi connectivity index (χ2n) is 5.88. The number of hydrogen-bond donors (Lipinski definition) is 3. The Morgan fingerprint density at radius 3 is 3.00 bits per heavy atom. The molecule has 1 aromatic heterocycles. The van der Waals surface area contributed by atoms with Crippen LogP contribution in [0.15, 0.2) is 0 Å². The molecule has 7 heteroatoms. The van der Waals surface area contributed by atoms with E-state index in [4.69, 9.17) is 10.5 Å². The van der Waals surface area contributed by atoms with Gasteiger partial charge >= 0.3 is 0 Å². The predicted octanol–water partition coefficient (Wildman–Crippen LogP) is 2.09. The van der Waals surface area contributed by atoms with E-state index < -0.39 is 0 Å². The first-order chi connectivity index (χ1) is 9.95. The lowest BCUT2D eigenvalue weighted by Gasteiger charge is -2.27. The van der Waals surface area contributed by atoms with E-state index in [1.807, 2.05) is 6.92 Å². The summed E-state index contributed by atoms with van der Waals surface area (Å²) in [5.41, 5.74) is 5.85. The molecule has 2 rings (SSSR count). The van der Waals surface area contributed by atoms with E-state index in [0.717, 1.165) is 19.4 Å². The molecule has 0 bridgehead atoms. The van der Waals surface area contributed by atoms with Gasteiger partial charge in [0.1, 0.15) is 10.7 Å². The third-order valence-corrected chi connectivity index (χ3v) is 4.37. The zero-order chi connectivity index (χ0) is 15.4. The molecule has 6 nitrogen and oxygen atoms in total. The summed E-state index contributed by atoms with van der Waals surface area (Å²) < 4.78 is 5.48. The highest BCUT2D eigenvalue weighted by Gasteiger charge is 2.23. The Balaban J connectivity index is 1.95. The lowest BCUT2D eigenvalue weighted by atomic mass is 10.0. The minimum atomic E-state index is -0.137. The number of carbonyl (C=O) groups excluding carboxylic acids is 1. The first kappa shape index (κ1) is 16.0. The third kappa shape index (κ3) is 4.57. The monoisotopic (exact) mass is 312 g/mol. The minimum absolute atomic E-state index is 0.137. The van der Waals surface area contributed by atoms with Crippen molar-refractivity contribution in [3.8, 4) is 0 Å². The number of aromatic nitrogens is 1. The second-order valence-corrected chi connectivity index (χ2v) is 6.88. The number of anilines is 2. The van der Waals surface area contributed by atoms with E-state index in [2.05, 4.69) is 29.5 Å². The molecule has 0 radical (unpaired) electrons. The van der Waals surface area contributed by atoms with E-state index >= 15 is 0 Å². The smallest absolute Gasteiger partial charge is 0.265 e. The average molecular weight is 312 g/mol. The largest absolute Gasteiger partial charge is 0.382 e. The molecule has 2 unspecified atom stereocenters. The lowest BCUT2D eigenvalue weighted by molar-refractivity contribution is 0.0137. The first-order valence-corrected chi connectivity index (χ1v) is 8.20. The Morgan fingerprint density at radius 1 is 1.57 bits per heavy atom. The Morgan fingerprint density at radius 2 is 2.33 bits per heavy atom. The molecule has 2 heterocycles. The number of thiazole rings is 1. The fourth-order valence-corrected chi connectivity index (χ4v) is 3.04. The van der Waals surface area contributed by atoms with Gasteiger partial charge in [-0.3, -0.25) is 4.79 Å². The Hall–Kier alpha value is -1.34. The number of hydrogen-bond acceptors (Lipinski definition) is 6. The molecule has 1 aromatic rings. The number of ether oxygens (including phenoxy) is 1. The summed E-state index contributed by atoms with van der Waals surface area (Å²) in [6.07, 6.45) is 1.86. The SMILES string of the molecule is CC(C)CNc1nc(N)c(C(=O)NC2CCOC(C)C2)s1. The van der Waals surface area contributed by atoms with E-state index in [9.17, 15) is 4.79 Å². The van der Waals surface area contributed by atoms with E-state index in [1.165, 1.54) is 11.3 Å². The van der Waals surface area contributed by atoms with Gasteiger partial charge < -0.3 is 21.1 Å². The Labute approximate surface area is 129 Å². The maximum atomic E-state index is 12.3. The van der Waals surface area contributed by atoms with Gasteiger partial charge in [0, 0.05) is 19.2 Å². The molecule has 1 fully saturated rings. The van der Waals surface area contributed by atoms with Crippen LogP contribution in [0.4, 0.5) is 10.9 Å². The highest BCUT2D eigenvalue weighted by atomic mass is 32.1. The van der Waals surface area contributed by atoms with Crippen molar-refractivity contribution < 1.29 is 9.53 Å². The van der Waals surface area contributed by atoms with E-state index in [0.29, 0.717) is 28.4 Å². The fourth-order valence-electron chi connectivity index (χ4n) is 2.24. The molecule has 1 amide bonds. The molecular formula is C14H24N4O2S. The molecule has 1 aliphatic rings. The number of nitrogens with one attached hydrogen (secondary N) is 2. The molecular weight excluding hydrogens is 288 g/mol. The fraction of sp³-hybridized carbons (Fsp3) is 0.714. The molecule has 0 aromatic carbocycles. The number of nitrogens with zero attached hydrogens (tertiary/aromatic N) is 1. The van der Waals surface area contributed by atoms with Gasteiger partial charge in [0.2, 0.25) is 0 Å². The van der Waals surface area contributed by atoms with Gasteiger partial charge in [-0.25, -0.2) is 4.98 Å². The molecule has 1 saturated heterocycles. The summed E-state index contributed by atoms with van der Waals surface area (Å²) in [5.74, 6) is 0.668. The van der Waals surface area contributed by atoms with Crippen molar-refractivity contribution in [1.82, 2.24) is 10.3 Å². The molecule has 2 atom stereocenters. The van der Waals surface area contributed by atoms with Crippen molar-refractivity contribution in [3.05, 3.63) is 4.88 Å². The van der Waals surface area contributed by atoms with Crippen LogP contribution in [0, 0.1) is 5.92 Å². The third-order valence-electron chi connectivity index (χ3n) is 3.34. The second kappa shape index (κ2) is 7.09. The molecule has 0 aliphatic carbocycles. The molecule has 1 aliphatic heterocycles. The zero-order valence-corrected chi connectivity index (χ0v) is 13.6. The summed E-state index contributed by atoms with van der Waals surface area (Å²) in [6.45, 7) is 7.75. The van der Waals surface area contributed by atoms with Crippen molar-refractivity contribution in [1.29, 1.82) is 0 Å². The van der Waals surface area contributed by atoms with Gasteiger partial charge in [-0.05, 0) is 25.7 Å². The molecule has 4 N–H and O–H groups in total. The van der Waals surface area contributed by atoms with Crippen LogP contribution in [0.1, 0.15) is 43.3 Å². The van der Waals surface area contributed by atoms with Gasteiger partial charge in [0.05, 0.1) is 6.10 Å². The van der Waals surface area contributed by atoms with Crippen LogP contribution < -0.4 is 16.4 Å². The topological polar surface area (TPSA) is 89.3 Å². The normalized spacial score (nSPS) is 22.3. The van der Waals surface area contributed by atoms with Crippen molar-refractivity contribution in [3.63, 3.8) is 0 Å². The van der Waals surface area contributed by atoms with E-state index in [1.54, 1.807) is 0 Å². The molecule has 0 spiro atoms. The predicted molar refractivity (Wildman–Crippen MR) is 85.8 cm³/mol. The number of rotatable bonds is 5. The Kier molecular flexibility index (Phi) is 5.41. The summed E-state index contributed by atoms with van der Waals surface area (Å²) >= 11 is 1.31. The van der Waals surface area contributed by atoms with Gasteiger partial charge in [-0.1, -0.05) is 25.2 Å². The zero-order valence-electron chi connectivity index (χ0n) is 12.8. The van der Waals surface area contributed by atoms with Crippen LogP contribution in [0.2, 0.25) is 0 Å². The maximum Gasteiger partial charge on any atom is 0.265 e. The summed E-state index contributed by atoms with van der Waals surface area (Å²) in [5, 5.41) is 6.93. The van der Waals surface area contributed by atoms with Gasteiger partial charge in [0.15, 0.2) is 5.13 Å².